The maximum atomic E-state index is 12.0. The van der Waals surface area contributed by atoms with Crippen molar-refractivity contribution in [1.29, 1.82) is 0 Å². The lowest BCUT2D eigenvalue weighted by Gasteiger charge is -2.22. The first-order valence-electron chi connectivity index (χ1n) is 8.48. The van der Waals surface area contributed by atoms with Gasteiger partial charge in [-0.1, -0.05) is 31.4 Å². The molecule has 0 unspecified atom stereocenters. The predicted molar refractivity (Wildman–Crippen MR) is 95.0 cm³/mol. The summed E-state index contributed by atoms with van der Waals surface area (Å²) in [6.45, 7) is 0.588. The first-order chi connectivity index (χ1) is 11.8. The topological polar surface area (TPSA) is 63.2 Å². The molecule has 1 aliphatic rings. The van der Waals surface area contributed by atoms with E-state index in [1.807, 2.05) is 24.3 Å². The van der Waals surface area contributed by atoms with Gasteiger partial charge >= 0.3 is 6.03 Å². The summed E-state index contributed by atoms with van der Waals surface area (Å²) in [6.07, 6.45) is 9.82. The van der Waals surface area contributed by atoms with Gasteiger partial charge in [0.15, 0.2) is 0 Å². The lowest BCUT2D eigenvalue weighted by molar-refractivity contribution is 0.0169. The SMILES string of the molecule is O=C(Nc1cccnc1)Nc1cccc(COC2CCCCC2)c1. The van der Waals surface area contributed by atoms with Crippen LogP contribution in [0, 0.1) is 0 Å². The molecule has 0 saturated heterocycles. The zero-order valence-electron chi connectivity index (χ0n) is 13.7. The number of anilines is 2. The summed E-state index contributed by atoms with van der Waals surface area (Å²) in [5.74, 6) is 0. The molecule has 5 heteroatoms. The van der Waals surface area contributed by atoms with Crippen molar-refractivity contribution in [3.63, 3.8) is 0 Å². The normalized spacial score (nSPS) is 15.0. The van der Waals surface area contributed by atoms with E-state index in [0.29, 0.717) is 18.4 Å². The summed E-state index contributed by atoms with van der Waals surface area (Å²) in [5.41, 5.74) is 2.48. The van der Waals surface area contributed by atoms with Crippen molar-refractivity contribution in [2.75, 3.05) is 10.6 Å². The molecule has 1 aromatic heterocycles. The van der Waals surface area contributed by atoms with Gasteiger partial charge in [-0.25, -0.2) is 4.79 Å². The molecule has 0 aliphatic heterocycles. The Labute approximate surface area is 142 Å². The molecule has 1 saturated carbocycles. The van der Waals surface area contributed by atoms with Gasteiger partial charge in [0, 0.05) is 11.9 Å². The second-order valence-corrected chi connectivity index (χ2v) is 6.09. The molecule has 1 heterocycles. The highest BCUT2D eigenvalue weighted by atomic mass is 16.5. The number of benzene rings is 1. The van der Waals surface area contributed by atoms with Crippen LogP contribution in [-0.2, 0) is 11.3 Å². The van der Waals surface area contributed by atoms with Crippen molar-refractivity contribution in [1.82, 2.24) is 4.98 Å². The van der Waals surface area contributed by atoms with Crippen LogP contribution in [-0.4, -0.2) is 17.1 Å². The maximum absolute atomic E-state index is 12.0. The molecule has 0 bridgehead atoms. The van der Waals surface area contributed by atoms with Crippen LogP contribution in [0.5, 0.6) is 0 Å². The average molecular weight is 325 g/mol. The molecule has 2 N–H and O–H groups in total. The van der Waals surface area contributed by atoms with E-state index in [2.05, 4.69) is 15.6 Å². The van der Waals surface area contributed by atoms with E-state index in [0.717, 1.165) is 24.1 Å². The molecule has 0 atom stereocenters. The second kappa shape index (κ2) is 8.45. The van der Waals surface area contributed by atoms with Crippen LogP contribution < -0.4 is 10.6 Å². The molecule has 2 aromatic rings. The fourth-order valence-corrected chi connectivity index (χ4v) is 2.91. The molecular formula is C19H23N3O2. The Hall–Kier alpha value is -2.40. The van der Waals surface area contributed by atoms with Crippen LogP contribution in [0.1, 0.15) is 37.7 Å². The first-order valence-corrected chi connectivity index (χ1v) is 8.48. The van der Waals surface area contributed by atoms with Gasteiger partial charge in [-0.05, 0) is 42.7 Å². The van der Waals surface area contributed by atoms with Crippen LogP contribution in [0.25, 0.3) is 0 Å². The lowest BCUT2D eigenvalue weighted by Crippen LogP contribution is -2.19. The highest BCUT2D eigenvalue weighted by Gasteiger charge is 2.13. The first kappa shape index (κ1) is 16.5. The van der Waals surface area contributed by atoms with Gasteiger partial charge in [0.2, 0.25) is 0 Å². The lowest BCUT2D eigenvalue weighted by atomic mass is 9.98. The number of nitrogens with zero attached hydrogens (tertiary/aromatic N) is 1. The van der Waals surface area contributed by atoms with Crippen molar-refractivity contribution in [3.8, 4) is 0 Å². The van der Waals surface area contributed by atoms with Crippen LogP contribution in [0.15, 0.2) is 48.8 Å². The van der Waals surface area contributed by atoms with E-state index in [9.17, 15) is 4.79 Å². The Bertz CT molecular complexity index is 655. The van der Waals surface area contributed by atoms with Gasteiger partial charge in [-0.15, -0.1) is 0 Å². The van der Waals surface area contributed by atoms with Gasteiger partial charge in [0.25, 0.3) is 0 Å². The molecule has 0 radical (unpaired) electrons. The van der Waals surface area contributed by atoms with E-state index in [4.69, 9.17) is 4.74 Å². The Balaban J connectivity index is 1.51. The molecule has 0 spiro atoms. The smallest absolute Gasteiger partial charge is 0.323 e. The number of carbonyl (C=O) groups excluding carboxylic acids is 1. The zero-order chi connectivity index (χ0) is 16.6. The summed E-state index contributed by atoms with van der Waals surface area (Å²) >= 11 is 0. The molecule has 1 fully saturated rings. The quantitative estimate of drug-likeness (QED) is 0.846. The van der Waals surface area contributed by atoms with Gasteiger partial charge in [-0.2, -0.15) is 0 Å². The largest absolute Gasteiger partial charge is 0.374 e. The predicted octanol–water partition coefficient (Wildman–Crippen LogP) is 4.57. The number of rotatable bonds is 5. The Morgan fingerprint density at radius 2 is 1.88 bits per heavy atom. The number of hydrogen-bond acceptors (Lipinski definition) is 3. The van der Waals surface area contributed by atoms with Crippen LogP contribution in [0.2, 0.25) is 0 Å². The molecule has 5 nitrogen and oxygen atoms in total. The van der Waals surface area contributed by atoms with Gasteiger partial charge in [-0.3, -0.25) is 4.98 Å². The van der Waals surface area contributed by atoms with E-state index in [1.54, 1.807) is 24.5 Å². The molecule has 1 aromatic carbocycles. The summed E-state index contributed by atoms with van der Waals surface area (Å²) in [5, 5.41) is 5.59. The van der Waals surface area contributed by atoms with Crippen LogP contribution in [0.4, 0.5) is 16.2 Å². The molecule has 126 valence electrons. The minimum atomic E-state index is -0.284. The minimum absolute atomic E-state index is 0.284. The number of nitrogens with one attached hydrogen (secondary N) is 2. The highest BCUT2D eigenvalue weighted by Crippen LogP contribution is 2.22. The monoisotopic (exact) mass is 325 g/mol. The molecule has 2 amide bonds. The fourth-order valence-electron chi connectivity index (χ4n) is 2.91. The molecule has 24 heavy (non-hydrogen) atoms. The average Bonchev–Trinajstić information content (AvgIpc) is 2.62. The number of urea groups is 1. The van der Waals surface area contributed by atoms with Crippen molar-refractivity contribution < 1.29 is 9.53 Å². The summed E-state index contributed by atoms with van der Waals surface area (Å²) in [6, 6.07) is 11.1. The van der Waals surface area contributed by atoms with Gasteiger partial charge in [0.1, 0.15) is 0 Å². The number of aromatic nitrogens is 1. The van der Waals surface area contributed by atoms with Crippen molar-refractivity contribution in [2.24, 2.45) is 0 Å². The minimum Gasteiger partial charge on any atom is -0.374 e. The number of amides is 2. The third-order valence-corrected chi connectivity index (χ3v) is 4.14. The highest BCUT2D eigenvalue weighted by molar-refractivity contribution is 5.99. The van der Waals surface area contributed by atoms with Gasteiger partial charge < -0.3 is 15.4 Å². The second-order valence-electron chi connectivity index (χ2n) is 6.09. The molecular weight excluding hydrogens is 302 g/mol. The summed E-state index contributed by atoms with van der Waals surface area (Å²) < 4.78 is 5.99. The summed E-state index contributed by atoms with van der Waals surface area (Å²) in [4.78, 5) is 16.0. The van der Waals surface area contributed by atoms with E-state index < -0.39 is 0 Å². The third kappa shape index (κ3) is 5.06. The Morgan fingerprint density at radius 1 is 1.08 bits per heavy atom. The number of hydrogen-bond donors (Lipinski definition) is 2. The summed E-state index contributed by atoms with van der Waals surface area (Å²) in [7, 11) is 0. The van der Waals surface area contributed by atoms with Crippen molar-refractivity contribution in [2.45, 2.75) is 44.8 Å². The van der Waals surface area contributed by atoms with Gasteiger partial charge in [0.05, 0.1) is 24.6 Å². The van der Waals surface area contributed by atoms with E-state index in [-0.39, 0.29) is 6.03 Å². The molecule has 1 aliphatic carbocycles. The standard InChI is InChI=1S/C19H23N3O2/c23-19(22-17-8-5-11-20-13-17)21-16-7-4-6-15(12-16)14-24-18-9-2-1-3-10-18/h4-8,11-13,18H,1-3,9-10,14H2,(H2,21,22,23). The number of pyridine rings is 1. The van der Waals surface area contributed by atoms with Crippen molar-refractivity contribution >= 4 is 17.4 Å². The molecule has 3 rings (SSSR count). The number of carbonyl (C=O) groups is 1. The maximum Gasteiger partial charge on any atom is 0.323 e. The number of ether oxygens (including phenoxy) is 1. The van der Waals surface area contributed by atoms with Crippen LogP contribution in [0.3, 0.4) is 0 Å². The fraction of sp³-hybridized carbons (Fsp3) is 0.368. The third-order valence-electron chi connectivity index (χ3n) is 4.14. The van der Waals surface area contributed by atoms with Crippen LogP contribution >= 0.6 is 0 Å². The van der Waals surface area contributed by atoms with E-state index in [1.165, 1.54) is 19.3 Å². The van der Waals surface area contributed by atoms with Crippen molar-refractivity contribution in [3.05, 3.63) is 54.4 Å². The van der Waals surface area contributed by atoms with E-state index >= 15 is 0 Å². The Kier molecular flexibility index (Phi) is 5.80. The zero-order valence-corrected chi connectivity index (χ0v) is 13.7. The Morgan fingerprint density at radius 3 is 2.67 bits per heavy atom.